The van der Waals surface area contributed by atoms with E-state index >= 15 is 0 Å². The van der Waals surface area contributed by atoms with Crippen molar-refractivity contribution in [1.29, 1.82) is 0 Å². The van der Waals surface area contributed by atoms with Crippen LogP contribution in [0, 0.1) is 0 Å². The van der Waals surface area contributed by atoms with E-state index in [1.54, 1.807) is 0 Å². The average Bonchev–Trinajstić information content (AvgIpc) is 2.91. The molecule has 0 saturated heterocycles. The molecular formula is C34H30N4S. The van der Waals surface area contributed by atoms with Crippen LogP contribution in [0.2, 0.25) is 0 Å². The summed E-state index contributed by atoms with van der Waals surface area (Å²) in [6, 6.07) is 24.2. The molecule has 4 nitrogen and oxygen atoms in total. The van der Waals surface area contributed by atoms with Crippen LogP contribution in [0.5, 0.6) is 0 Å². The Balaban J connectivity index is 1.47. The fourth-order valence-corrected chi connectivity index (χ4v) is 6.45. The summed E-state index contributed by atoms with van der Waals surface area (Å²) in [7, 11) is 0. The molecule has 0 N–H and O–H groups in total. The summed E-state index contributed by atoms with van der Waals surface area (Å²) in [4.78, 5) is 22.2. The molecule has 7 rings (SSSR count). The second-order valence-electron chi connectivity index (χ2n) is 12.5. The first kappa shape index (κ1) is 24.2. The van der Waals surface area contributed by atoms with Gasteiger partial charge in [-0.1, -0.05) is 89.7 Å². The van der Waals surface area contributed by atoms with Gasteiger partial charge in [0.25, 0.3) is 0 Å². The highest BCUT2D eigenvalue weighted by Crippen LogP contribution is 2.50. The number of pyridine rings is 1. The van der Waals surface area contributed by atoms with Crippen LogP contribution in [0.4, 0.5) is 0 Å². The van der Waals surface area contributed by atoms with Gasteiger partial charge in [-0.05, 0) is 57.3 Å². The topological polar surface area (TPSA) is 51.6 Å². The molecule has 39 heavy (non-hydrogen) atoms. The summed E-state index contributed by atoms with van der Waals surface area (Å²) in [5, 5.41) is 7.32. The van der Waals surface area contributed by atoms with Gasteiger partial charge in [-0.15, -0.1) is 0 Å². The van der Waals surface area contributed by atoms with E-state index in [1.165, 1.54) is 47.7 Å². The zero-order chi connectivity index (χ0) is 27.1. The van der Waals surface area contributed by atoms with Gasteiger partial charge in [0.1, 0.15) is 11.6 Å². The molecule has 0 saturated carbocycles. The van der Waals surface area contributed by atoms with E-state index in [-0.39, 0.29) is 10.8 Å². The Morgan fingerprint density at radius 2 is 1.28 bits per heavy atom. The molecule has 2 aromatic heterocycles. The van der Waals surface area contributed by atoms with Gasteiger partial charge in [-0.3, -0.25) is 4.98 Å². The molecule has 1 aliphatic rings. The van der Waals surface area contributed by atoms with Crippen molar-refractivity contribution in [3.63, 3.8) is 0 Å². The smallest absolute Gasteiger partial charge is 0.163 e. The highest BCUT2D eigenvalue weighted by Gasteiger charge is 2.26. The minimum absolute atomic E-state index is 0.178. The number of hydrogen-bond acceptors (Lipinski definition) is 5. The lowest BCUT2D eigenvalue weighted by atomic mass is 9.92. The van der Waals surface area contributed by atoms with Crippen LogP contribution in [0.15, 0.2) is 82.7 Å². The number of benzene rings is 4. The fourth-order valence-electron chi connectivity index (χ4n) is 5.27. The molecule has 0 amide bonds. The number of nitrogens with zero attached hydrogens (tertiary/aromatic N) is 4. The predicted octanol–water partition coefficient (Wildman–Crippen LogP) is 9.12. The lowest BCUT2D eigenvalue weighted by molar-refractivity contribution is 0.497. The first-order valence-electron chi connectivity index (χ1n) is 13.4. The minimum Gasteiger partial charge on any atom is -0.256 e. The lowest BCUT2D eigenvalue weighted by Crippen LogP contribution is -2.24. The van der Waals surface area contributed by atoms with Crippen molar-refractivity contribution < 1.29 is 0 Å². The van der Waals surface area contributed by atoms with Crippen molar-refractivity contribution in [1.82, 2.24) is 19.9 Å². The molecular weight excluding hydrogens is 496 g/mol. The van der Waals surface area contributed by atoms with E-state index in [2.05, 4.69) is 108 Å². The molecule has 0 radical (unpaired) electrons. The van der Waals surface area contributed by atoms with Gasteiger partial charge in [-0.25, -0.2) is 15.0 Å². The van der Waals surface area contributed by atoms with Gasteiger partial charge < -0.3 is 0 Å². The lowest BCUT2D eigenvalue weighted by Gasteiger charge is -2.23. The third-order valence-electron chi connectivity index (χ3n) is 7.39. The zero-order valence-electron chi connectivity index (χ0n) is 23.1. The maximum Gasteiger partial charge on any atom is 0.163 e. The van der Waals surface area contributed by atoms with E-state index in [4.69, 9.17) is 19.9 Å². The van der Waals surface area contributed by atoms with Crippen LogP contribution in [0.25, 0.3) is 55.0 Å². The van der Waals surface area contributed by atoms with Crippen molar-refractivity contribution in [2.45, 2.75) is 62.2 Å². The number of aromatic nitrogens is 4. The Labute approximate surface area is 233 Å². The van der Waals surface area contributed by atoms with Crippen molar-refractivity contribution in [3.8, 4) is 22.6 Å². The van der Waals surface area contributed by atoms with E-state index in [0.717, 1.165) is 28.7 Å². The van der Waals surface area contributed by atoms with E-state index in [0.29, 0.717) is 0 Å². The highest BCUT2D eigenvalue weighted by atomic mass is 32.2. The molecule has 4 aromatic carbocycles. The Morgan fingerprint density at radius 3 is 1.97 bits per heavy atom. The van der Waals surface area contributed by atoms with Crippen molar-refractivity contribution in [2.24, 2.45) is 0 Å². The van der Waals surface area contributed by atoms with E-state index in [1.807, 2.05) is 18.0 Å². The van der Waals surface area contributed by atoms with Gasteiger partial charge in [-0.2, -0.15) is 0 Å². The van der Waals surface area contributed by atoms with Gasteiger partial charge in [0.05, 0.1) is 5.69 Å². The third-order valence-corrected chi connectivity index (χ3v) is 8.49. The molecule has 1 aliphatic heterocycles. The molecule has 0 atom stereocenters. The fraction of sp³-hybridized carbons (Fsp3) is 0.235. The number of fused-ring (bicyclic) bond motifs is 5. The molecule has 6 aromatic rings. The molecule has 0 fully saturated rings. The van der Waals surface area contributed by atoms with Crippen LogP contribution >= 0.6 is 11.8 Å². The summed E-state index contributed by atoms with van der Waals surface area (Å²) < 4.78 is 0. The third kappa shape index (κ3) is 3.99. The van der Waals surface area contributed by atoms with Crippen molar-refractivity contribution in [3.05, 3.63) is 84.6 Å². The van der Waals surface area contributed by atoms with Gasteiger partial charge in [0.2, 0.25) is 0 Å². The Bertz CT molecular complexity index is 1930. The van der Waals surface area contributed by atoms with Crippen LogP contribution < -0.4 is 0 Å². The molecule has 0 bridgehead atoms. The first-order chi connectivity index (χ1) is 18.6. The summed E-state index contributed by atoms with van der Waals surface area (Å²) in [5.41, 5.74) is 2.91. The normalized spacial score (nSPS) is 13.3. The maximum absolute atomic E-state index is 4.96. The highest BCUT2D eigenvalue weighted by molar-refractivity contribution is 7.99. The van der Waals surface area contributed by atoms with Crippen molar-refractivity contribution in [2.75, 3.05) is 0 Å². The first-order valence-corrected chi connectivity index (χ1v) is 14.2. The summed E-state index contributed by atoms with van der Waals surface area (Å²) in [6.45, 7) is 12.9. The molecule has 0 aliphatic carbocycles. The average molecular weight is 527 g/mol. The van der Waals surface area contributed by atoms with Crippen LogP contribution in [-0.4, -0.2) is 19.9 Å². The van der Waals surface area contributed by atoms with Crippen molar-refractivity contribution >= 4 is 44.1 Å². The van der Waals surface area contributed by atoms with Crippen LogP contribution in [0.3, 0.4) is 0 Å². The second kappa shape index (κ2) is 8.33. The molecule has 192 valence electrons. The van der Waals surface area contributed by atoms with Gasteiger partial charge in [0.15, 0.2) is 5.82 Å². The standard InChI is InChI=1S/C34H30N4S/c1-33(2,3)31-36-30(37-32(38-31)34(4,5)6)22-12-11-21-18-27-28-23(24(21)16-22)13-14-35-29(28)25-15-19-9-7-8-10-20(19)17-26(25)39-27/h7-18H,1-6H3. The van der Waals surface area contributed by atoms with Crippen LogP contribution in [0.1, 0.15) is 53.2 Å². The predicted molar refractivity (Wildman–Crippen MR) is 163 cm³/mol. The SMILES string of the molecule is CC(C)(C)c1nc(-c2ccc3cc4c5c(nccc5c3c2)-c2cc3ccccc3cc2S4)nc(C(C)(C)C)n1. The quantitative estimate of drug-likeness (QED) is 0.200. The Hall–Kier alpha value is -3.83. The number of rotatable bonds is 1. The molecule has 3 heterocycles. The molecule has 0 spiro atoms. The Morgan fingerprint density at radius 1 is 0.615 bits per heavy atom. The molecule has 5 heteroatoms. The summed E-state index contributed by atoms with van der Waals surface area (Å²) >= 11 is 1.84. The largest absolute Gasteiger partial charge is 0.256 e. The summed E-state index contributed by atoms with van der Waals surface area (Å²) in [6.07, 6.45) is 1.95. The van der Waals surface area contributed by atoms with E-state index in [9.17, 15) is 0 Å². The number of hydrogen-bond donors (Lipinski definition) is 0. The Kier molecular flexibility index (Phi) is 5.18. The maximum atomic E-state index is 4.96. The second-order valence-corrected chi connectivity index (χ2v) is 13.6. The zero-order valence-corrected chi connectivity index (χ0v) is 23.9. The van der Waals surface area contributed by atoms with Gasteiger partial charge >= 0.3 is 0 Å². The van der Waals surface area contributed by atoms with Crippen LogP contribution in [-0.2, 0) is 10.8 Å². The van der Waals surface area contributed by atoms with Gasteiger partial charge in [0, 0.05) is 43.3 Å². The van der Waals surface area contributed by atoms with E-state index < -0.39 is 0 Å². The minimum atomic E-state index is -0.178. The monoisotopic (exact) mass is 526 g/mol. The summed E-state index contributed by atoms with van der Waals surface area (Å²) in [5.74, 6) is 2.37. The molecule has 0 unspecified atom stereocenters.